The van der Waals surface area contributed by atoms with Gasteiger partial charge in [0.2, 0.25) is 11.8 Å². The van der Waals surface area contributed by atoms with Gasteiger partial charge in [-0.1, -0.05) is 65.7 Å². The molecule has 154 valence electrons. The van der Waals surface area contributed by atoms with Gasteiger partial charge in [0, 0.05) is 6.04 Å². The minimum absolute atomic E-state index is 0.0104. The third kappa shape index (κ3) is 2.13. The van der Waals surface area contributed by atoms with Crippen LogP contribution in [0.15, 0.2) is 10.1 Å². The summed E-state index contributed by atoms with van der Waals surface area (Å²) in [7, 11) is 0. The zero-order valence-corrected chi connectivity index (χ0v) is 19.4. The number of imide groups is 1. The first-order chi connectivity index (χ1) is 13.1. The number of fused-ring (bicyclic) bond motifs is 6. The van der Waals surface area contributed by atoms with Crippen LogP contribution in [0.4, 0.5) is 0 Å². The van der Waals surface area contributed by atoms with Crippen LogP contribution < -0.4 is 0 Å². The molecule has 4 fully saturated rings. The molecule has 5 aliphatic rings. The molecule has 0 aromatic carbocycles. The Hall–Kier alpha value is 0.620. The fraction of sp³-hybridized carbons (Fsp3) is 0.789. The van der Waals surface area contributed by atoms with Crippen LogP contribution in [-0.2, 0) is 9.59 Å². The van der Waals surface area contributed by atoms with Gasteiger partial charge in [0.15, 0.2) is 4.33 Å². The lowest BCUT2D eigenvalue weighted by molar-refractivity contribution is -0.143. The number of carbonyl (C=O) groups excluding carboxylic acids is 2. The first-order valence-electron chi connectivity index (χ1n) is 9.77. The van der Waals surface area contributed by atoms with Crippen LogP contribution in [0.5, 0.6) is 0 Å². The van der Waals surface area contributed by atoms with E-state index < -0.39 is 25.9 Å². The summed E-state index contributed by atoms with van der Waals surface area (Å²) in [6.07, 6.45) is 5.81. The van der Waals surface area contributed by atoms with E-state index in [-0.39, 0.29) is 39.8 Å². The highest BCUT2D eigenvalue weighted by Crippen LogP contribution is 2.79. The van der Waals surface area contributed by atoms with E-state index in [0.717, 1.165) is 32.1 Å². The van der Waals surface area contributed by atoms with Gasteiger partial charge in [0.05, 0.1) is 21.9 Å². The van der Waals surface area contributed by atoms with Crippen molar-refractivity contribution >= 4 is 81.4 Å². The first kappa shape index (κ1) is 20.5. The number of nitrogens with zero attached hydrogens (tertiary/aromatic N) is 1. The Balaban J connectivity index is 1.52. The minimum Gasteiger partial charge on any atom is -0.279 e. The second kappa shape index (κ2) is 6.33. The number of carbonyl (C=O) groups is 2. The van der Waals surface area contributed by atoms with Gasteiger partial charge in [-0.3, -0.25) is 14.5 Å². The molecule has 2 bridgehead atoms. The Labute approximate surface area is 193 Å². The van der Waals surface area contributed by atoms with E-state index in [2.05, 4.69) is 0 Å². The summed E-state index contributed by atoms with van der Waals surface area (Å²) in [5, 5.41) is 0.327. The van der Waals surface area contributed by atoms with Crippen LogP contribution in [0.2, 0.25) is 0 Å². The zero-order chi connectivity index (χ0) is 20.2. The van der Waals surface area contributed by atoms with Crippen molar-refractivity contribution in [1.82, 2.24) is 4.90 Å². The average Bonchev–Trinajstić information content (AvgIpc) is 3.04. The maximum absolute atomic E-state index is 13.2. The molecule has 2 amide bonds. The highest BCUT2D eigenvalue weighted by Gasteiger charge is 2.83. The molecule has 3 nitrogen and oxygen atoms in total. The Bertz CT molecular complexity index is 754. The van der Waals surface area contributed by atoms with Gasteiger partial charge in [0.25, 0.3) is 0 Å². The topological polar surface area (TPSA) is 37.4 Å². The largest absolute Gasteiger partial charge is 0.279 e. The second-order valence-corrected chi connectivity index (χ2v) is 12.1. The SMILES string of the molecule is O=C1[C@H]2C[C@@H]3[C@H](C[C@@H]2C(=O)N1C1CCCCC1)[C@]1(Cl)C(Cl)=C(Cl)[C@]3(Cl)C1(Cl)Cl. The summed E-state index contributed by atoms with van der Waals surface area (Å²) < 4.78 is -1.61. The predicted molar refractivity (Wildman–Crippen MR) is 112 cm³/mol. The maximum atomic E-state index is 13.2. The maximum Gasteiger partial charge on any atom is 0.233 e. The van der Waals surface area contributed by atoms with Gasteiger partial charge in [-0.05, 0) is 37.5 Å². The lowest BCUT2D eigenvalue weighted by atomic mass is 9.65. The molecule has 0 aromatic heterocycles. The van der Waals surface area contributed by atoms with E-state index in [1.165, 1.54) is 4.90 Å². The number of halogens is 6. The molecule has 3 saturated carbocycles. The smallest absolute Gasteiger partial charge is 0.233 e. The third-order valence-electron chi connectivity index (χ3n) is 7.80. The fourth-order valence-corrected chi connectivity index (χ4v) is 9.55. The molecule has 9 heteroatoms. The number of allylic oxidation sites excluding steroid dienone is 2. The molecule has 1 aliphatic heterocycles. The third-order valence-corrected chi connectivity index (χ3v) is 12.2. The molecule has 4 aliphatic carbocycles. The number of likely N-dealkylation sites (tertiary alicyclic amines) is 1. The Morgan fingerprint density at radius 2 is 1.18 bits per heavy atom. The summed E-state index contributed by atoms with van der Waals surface area (Å²) >= 11 is 40.1. The van der Waals surface area contributed by atoms with E-state index in [1.807, 2.05) is 0 Å². The van der Waals surface area contributed by atoms with Gasteiger partial charge < -0.3 is 0 Å². The van der Waals surface area contributed by atoms with Crippen molar-refractivity contribution in [2.75, 3.05) is 0 Å². The van der Waals surface area contributed by atoms with Crippen molar-refractivity contribution in [1.29, 1.82) is 0 Å². The van der Waals surface area contributed by atoms with Crippen molar-refractivity contribution in [3.8, 4) is 0 Å². The summed E-state index contributed by atoms with van der Waals surface area (Å²) in [5.74, 6) is -1.65. The second-order valence-electron chi connectivity index (χ2n) is 8.86. The monoisotopic (exact) mass is 503 g/mol. The van der Waals surface area contributed by atoms with Crippen molar-refractivity contribution < 1.29 is 9.59 Å². The molecular formula is C19H19Cl6NO2. The Kier molecular flexibility index (Phi) is 4.64. The molecule has 0 aromatic rings. The number of rotatable bonds is 1. The molecule has 0 radical (unpaired) electrons. The molecule has 28 heavy (non-hydrogen) atoms. The van der Waals surface area contributed by atoms with Crippen LogP contribution in [-0.4, -0.2) is 36.8 Å². The van der Waals surface area contributed by atoms with Crippen LogP contribution in [0, 0.1) is 23.7 Å². The summed E-state index contributed by atoms with van der Waals surface area (Å²) in [4.78, 5) is 25.3. The number of hydrogen-bond acceptors (Lipinski definition) is 2. The Morgan fingerprint density at radius 1 is 0.750 bits per heavy atom. The van der Waals surface area contributed by atoms with Crippen LogP contribution in [0.3, 0.4) is 0 Å². The number of amides is 2. The number of alkyl halides is 4. The van der Waals surface area contributed by atoms with Crippen molar-refractivity contribution in [3.05, 3.63) is 10.1 Å². The minimum atomic E-state index is -1.61. The van der Waals surface area contributed by atoms with Gasteiger partial charge in [-0.25, -0.2) is 0 Å². The van der Waals surface area contributed by atoms with Gasteiger partial charge >= 0.3 is 0 Å². The summed E-state index contributed by atoms with van der Waals surface area (Å²) in [6, 6.07) is 0.0104. The predicted octanol–water partition coefficient (Wildman–Crippen LogP) is 5.79. The molecule has 5 rings (SSSR count). The van der Waals surface area contributed by atoms with E-state index in [9.17, 15) is 9.59 Å². The van der Waals surface area contributed by atoms with Crippen LogP contribution in [0.25, 0.3) is 0 Å². The van der Waals surface area contributed by atoms with E-state index in [4.69, 9.17) is 69.6 Å². The highest BCUT2D eigenvalue weighted by molar-refractivity contribution is 6.65. The molecule has 6 atom stereocenters. The first-order valence-corrected chi connectivity index (χ1v) is 12.0. The standard InChI is InChI=1S/C19H19Cl6NO2/c20-13-14(21)18(23)12-7-10-9(6-11(12)17(13,22)19(18,24)25)15(27)26(16(10)28)8-4-2-1-3-5-8/h8-12H,1-7H2/t9-,10-,11-,12+,17-,18-/m0/s1. The normalized spacial score (nSPS) is 47.7. The van der Waals surface area contributed by atoms with E-state index >= 15 is 0 Å². The lowest BCUT2D eigenvalue weighted by Crippen LogP contribution is -2.45. The highest BCUT2D eigenvalue weighted by atomic mass is 35.5. The lowest BCUT2D eigenvalue weighted by Gasteiger charge is -2.42. The van der Waals surface area contributed by atoms with Crippen LogP contribution >= 0.6 is 69.6 Å². The van der Waals surface area contributed by atoms with Crippen LogP contribution in [0.1, 0.15) is 44.9 Å². The summed E-state index contributed by atoms with van der Waals surface area (Å²) in [6.45, 7) is 0. The van der Waals surface area contributed by atoms with Crippen molar-refractivity contribution in [3.63, 3.8) is 0 Å². The molecule has 0 N–H and O–H groups in total. The fourth-order valence-electron chi connectivity index (χ4n) is 6.45. The summed E-state index contributed by atoms with van der Waals surface area (Å²) in [5.41, 5.74) is 0. The van der Waals surface area contributed by atoms with E-state index in [1.54, 1.807) is 0 Å². The van der Waals surface area contributed by atoms with Crippen molar-refractivity contribution in [2.45, 2.75) is 65.1 Å². The van der Waals surface area contributed by atoms with Crippen molar-refractivity contribution in [2.24, 2.45) is 23.7 Å². The number of hydrogen-bond donors (Lipinski definition) is 0. The molecule has 1 heterocycles. The quantitative estimate of drug-likeness (QED) is 0.334. The Morgan fingerprint density at radius 3 is 1.61 bits per heavy atom. The molecule has 0 unspecified atom stereocenters. The average molecular weight is 506 g/mol. The molecule has 0 spiro atoms. The van der Waals surface area contributed by atoms with Gasteiger partial charge in [-0.15, -0.1) is 23.2 Å². The van der Waals surface area contributed by atoms with Gasteiger partial charge in [-0.2, -0.15) is 0 Å². The van der Waals surface area contributed by atoms with Gasteiger partial charge in [0.1, 0.15) is 9.75 Å². The molecular weight excluding hydrogens is 487 g/mol. The zero-order valence-electron chi connectivity index (χ0n) is 14.9. The van der Waals surface area contributed by atoms with E-state index in [0.29, 0.717) is 12.8 Å². The molecule has 1 saturated heterocycles.